The van der Waals surface area contributed by atoms with Crippen molar-refractivity contribution in [2.75, 3.05) is 39.4 Å². The molecule has 18 nitrogen and oxygen atoms in total. The largest absolute Gasteiger partial charge is 0.394 e. The Hall–Kier alpha value is -2.07. The molecule has 0 saturated heterocycles. The van der Waals surface area contributed by atoms with Gasteiger partial charge in [-0.1, -0.05) is 20.8 Å². The van der Waals surface area contributed by atoms with E-state index in [9.17, 15) is 65.4 Å². The zero-order valence-electron chi connectivity index (χ0n) is 35.5. The average Bonchev–Trinajstić information content (AvgIpc) is 3.61. The van der Waals surface area contributed by atoms with Crippen molar-refractivity contribution in [3.05, 3.63) is 0 Å². The number of nitrogens with one attached hydrogen (secondary N) is 2. The summed E-state index contributed by atoms with van der Waals surface area (Å²) in [6.45, 7) is 5.15. The number of carbonyl (C=O) groups is 3. The molecule has 4 aliphatic carbocycles. The molecule has 0 spiro atoms. The van der Waals surface area contributed by atoms with Crippen LogP contribution >= 0.6 is 0 Å². The zero-order chi connectivity index (χ0) is 44.7. The standard InChI is InChI=1S/C42H75N3O15/c1-22(26-9-10-27-25-8-7-23-18-24(48)12-13-41(23,2)28(25)19-31(51)42(26,27)3)6-11-32(52)45(16-4-14-43-39(59)37(57)35(55)33(53)29(49)20-46)17-5-15-44-40(60)38(58)36(56)34(54)30(50)21-47/h22-31,33-38,46-51,53-58H,4-21H2,1-3H3,(H,43,59)(H,44,60)/t22-,23?,24-,25?,26-,27?,28?,29-,30-,31+,33-,34-,35+,36+,37-,38-,41+,42-/m1/s1. The van der Waals surface area contributed by atoms with Crippen molar-refractivity contribution in [2.45, 2.75) is 159 Å². The Morgan fingerprint density at radius 3 is 1.75 bits per heavy atom. The predicted octanol–water partition coefficient (Wildman–Crippen LogP) is -2.89. The predicted molar refractivity (Wildman–Crippen MR) is 215 cm³/mol. The van der Waals surface area contributed by atoms with Crippen molar-refractivity contribution >= 4 is 17.7 Å². The van der Waals surface area contributed by atoms with E-state index in [0.717, 1.165) is 51.4 Å². The zero-order valence-corrected chi connectivity index (χ0v) is 35.5. The molecular weight excluding hydrogens is 786 g/mol. The molecule has 0 radical (unpaired) electrons. The monoisotopic (exact) mass is 862 g/mol. The normalized spacial score (nSPS) is 34.6. The van der Waals surface area contributed by atoms with Crippen LogP contribution in [-0.4, -0.2) is 184 Å². The lowest BCUT2D eigenvalue weighted by atomic mass is 9.43. The molecule has 60 heavy (non-hydrogen) atoms. The van der Waals surface area contributed by atoms with E-state index in [1.807, 2.05) is 0 Å². The second-order valence-electron chi connectivity index (χ2n) is 18.9. The highest BCUT2D eigenvalue weighted by Gasteiger charge is 2.63. The van der Waals surface area contributed by atoms with Gasteiger partial charge in [-0.15, -0.1) is 0 Å². The van der Waals surface area contributed by atoms with Gasteiger partial charge in [0.15, 0.2) is 12.2 Å². The van der Waals surface area contributed by atoms with E-state index in [2.05, 4.69) is 31.4 Å². The highest BCUT2D eigenvalue weighted by Crippen LogP contribution is 2.68. The van der Waals surface area contributed by atoms with Crippen molar-refractivity contribution in [1.29, 1.82) is 0 Å². The molecular formula is C42H75N3O15. The van der Waals surface area contributed by atoms with Gasteiger partial charge < -0.3 is 76.8 Å². The fourth-order valence-electron chi connectivity index (χ4n) is 11.8. The van der Waals surface area contributed by atoms with Gasteiger partial charge in [0.1, 0.15) is 36.6 Å². The van der Waals surface area contributed by atoms with Crippen LogP contribution in [0.1, 0.15) is 97.8 Å². The van der Waals surface area contributed by atoms with E-state index in [1.165, 1.54) is 0 Å². The van der Waals surface area contributed by atoms with Crippen LogP contribution < -0.4 is 10.6 Å². The fraction of sp³-hybridized carbons (Fsp3) is 0.929. The lowest BCUT2D eigenvalue weighted by Crippen LogP contribution is -2.58. The second kappa shape index (κ2) is 22.0. The van der Waals surface area contributed by atoms with Gasteiger partial charge in [0.2, 0.25) is 5.91 Å². The van der Waals surface area contributed by atoms with E-state index < -0.39 is 80.0 Å². The number of carbonyl (C=O) groups excluding carboxylic acids is 3. The second-order valence-corrected chi connectivity index (χ2v) is 18.9. The Morgan fingerprint density at radius 2 is 1.23 bits per heavy atom. The third kappa shape index (κ3) is 11.2. The van der Waals surface area contributed by atoms with E-state index in [-0.39, 0.29) is 80.1 Å². The molecule has 0 aromatic carbocycles. The number of hydrogen-bond donors (Lipinski definition) is 14. The van der Waals surface area contributed by atoms with E-state index in [1.54, 1.807) is 4.90 Å². The van der Waals surface area contributed by atoms with Gasteiger partial charge in [-0.05, 0) is 117 Å². The number of amides is 3. The molecule has 0 aromatic rings. The number of aliphatic hydroxyl groups is 12. The molecule has 4 unspecified atom stereocenters. The number of aliphatic hydroxyl groups excluding tert-OH is 12. The van der Waals surface area contributed by atoms with Crippen LogP contribution in [0.4, 0.5) is 0 Å². The first-order valence-corrected chi connectivity index (χ1v) is 22.1. The summed E-state index contributed by atoms with van der Waals surface area (Å²) in [5, 5.41) is 124. The summed E-state index contributed by atoms with van der Waals surface area (Å²) in [5.41, 5.74) is -0.164. The number of fused-ring (bicyclic) bond motifs is 5. The number of nitrogens with zero attached hydrogens (tertiary/aromatic N) is 1. The number of rotatable bonds is 22. The minimum absolute atomic E-state index is 0.0491. The fourth-order valence-corrected chi connectivity index (χ4v) is 11.8. The van der Waals surface area contributed by atoms with Crippen LogP contribution in [0.3, 0.4) is 0 Å². The lowest BCUT2D eigenvalue weighted by molar-refractivity contribution is -0.175. The molecule has 14 N–H and O–H groups in total. The van der Waals surface area contributed by atoms with Crippen LogP contribution in [-0.2, 0) is 14.4 Å². The Balaban J connectivity index is 1.35. The van der Waals surface area contributed by atoms with E-state index >= 15 is 0 Å². The quantitative estimate of drug-likeness (QED) is 0.0486. The van der Waals surface area contributed by atoms with Crippen molar-refractivity contribution < 1.29 is 75.7 Å². The SMILES string of the molecule is C[C@H](CCC(=O)N(CCCNC(=O)[C@H](O)[C@@H](O)[C@H](O)[C@H](O)CO)CCCNC(=O)[C@H](O)[C@@H](O)[C@H](O)[C@H](O)CO)[C@H]1CCC2C3CCC4C[C@H](O)CC[C@]4(C)C3C[C@H](O)[C@@]21C. The van der Waals surface area contributed by atoms with Crippen LogP contribution in [0.15, 0.2) is 0 Å². The number of hydrogen-bond acceptors (Lipinski definition) is 15. The van der Waals surface area contributed by atoms with Gasteiger partial charge in [0, 0.05) is 32.6 Å². The molecule has 4 saturated carbocycles. The molecule has 4 fully saturated rings. The third-order valence-electron chi connectivity index (χ3n) is 15.5. The van der Waals surface area contributed by atoms with Gasteiger partial charge in [-0.2, -0.15) is 0 Å². The first-order valence-electron chi connectivity index (χ1n) is 22.1. The third-order valence-corrected chi connectivity index (χ3v) is 15.5. The van der Waals surface area contributed by atoms with Crippen molar-refractivity contribution in [3.8, 4) is 0 Å². The van der Waals surface area contributed by atoms with E-state index in [4.69, 9.17) is 10.2 Å². The molecule has 4 aliphatic rings. The Morgan fingerprint density at radius 1 is 0.700 bits per heavy atom. The molecule has 0 heterocycles. The molecule has 0 aromatic heterocycles. The molecule has 0 bridgehead atoms. The first kappa shape index (κ1) is 50.6. The van der Waals surface area contributed by atoms with Crippen molar-refractivity contribution in [3.63, 3.8) is 0 Å². The first-order chi connectivity index (χ1) is 28.2. The Bertz CT molecular complexity index is 1350. The topological polar surface area (TPSA) is 321 Å². The van der Waals surface area contributed by atoms with Crippen LogP contribution in [0.5, 0.6) is 0 Å². The summed E-state index contributed by atoms with van der Waals surface area (Å²) in [5.74, 6) is -0.145. The molecule has 0 aliphatic heterocycles. The van der Waals surface area contributed by atoms with Gasteiger partial charge >= 0.3 is 0 Å². The van der Waals surface area contributed by atoms with Crippen LogP contribution in [0, 0.1) is 46.3 Å². The summed E-state index contributed by atoms with van der Waals surface area (Å²) >= 11 is 0. The minimum atomic E-state index is -2.11. The van der Waals surface area contributed by atoms with E-state index in [0.29, 0.717) is 30.1 Å². The van der Waals surface area contributed by atoms with Crippen LogP contribution in [0.2, 0.25) is 0 Å². The molecule has 4 rings (SSSR count). The Kier molecular flexibility index (Phi) is 18.6. The van der Waals surface area contributed by atoms with Crippen LogP contribution in [0.25, 0.3) is 0 Å². The highest BCUT2D eigenvalue weighted by atomic mass is 16.4. The molecule has 348 valence electrons. The minimum Gasteiger partial charge on any atom is -0.394 e. The van der Waals surface area contributed by atoms with Gasteiger partial charge in [0.25, 0.3) is 11.8 Å². The molecule has 18 heteroatoms. The molecule has 3 amide bonds. The highest BCUT2D eigenvalue weighted by molar-refractivity contribution is 5.81. The smallest absolute Gasteiger partial charge is 0.251 e. The van der Waals surface area contributed by atoms with Crippen molar-refractivity contribution in [2.24, 2.45) is 46.3 Å². The maximum Gasteiger partial charge on any atom is 0.251 e. The maximum absolute atomic E-state index is 13.8. The summed E-state index contributed by atoms with van der Waals surface area (Å²) < 4.78 is 0. The summed E-state index contributed by atoms with van der Waals surface area (Å²) in [4.78, 5) is 40.3. The maximum atomic E-state index is 13.8. The summed E-state index contributed by atoms with van der Waals surface area (Å²) in [6, 6.07) is 0. The van der Waals surface area contributed by atoms with Gasteiger partial charge in [0.05, 0.1) is 25.4 Å². The van der Waals surface area contributed by atoms with Crippen molar-refractivity contribution in [1.82, 2.24) is 15.5 Å². The summed E-state index contributed by atoms with van der Waals surface area (Å²) in [6.07, 6.45) is -7.85. The van der Waals surface area contributed by atoms with Gasteiger partial charge in [-0.25, -0.2) is 0 Å². The summed E-state index contributed by atoms with van der Waals surface area (Å²) in [7, 11) is 0. The average molecular weight is 862 g/mol. The Labute approximate surface area is 353 Å². The molecule has 18 atom stereocenters. The lowest BCUT2D eigenvalue weighted by Gasteiger charge is -2.62. The van der Waals surface area contributed by atoms with Gasteiger partial charge in [-0.3, -0.25) is 14.4 Å².